The molecule has 1 fully saturated rings. The van der Waals surface area contributed by atoms with Crippen LogP contribution in [0.4, 0.5) is 5.69 Å². The smallest absolute Gasteiger partial charge is 0.173 e. The summed E-state index contributed by atoms with van der Waals surface area (Å²) >= 11 is 3.47. The first-order valence-corrected chi connectivity index (χ1v) is 7.20. The van der Waals surface area contributed by atoms with E-state index in [-0.39, 0.29) is 5.84 Å². The van der Waals surface area contributed by atoms with Crippen LogP contribution in [0.5, 0.6) is 0 Å². The fraction of sp³-hybridized carbons (Fsp3) is 0.462. The second kappa shape index (κ2) is 6.25. The van der Waals surface area contributed by atoms with E-state index >= 15 is 0 Å². The molecule has 0 aromatic heterocycles. The van der Waals surface area contributed by atoms with Gasteiger partial charge in [-0.25, -0.2) is 0 Å². The molecule has 3 N–H and O–H groups in total. The highest BCUT2D eigenvalue weighted by Gasteiger charge is 2.20. The number of benzene rings is 1. The van der Waals surface area contributed by atoms with Gasteiger partial charge < -0.3 is 20.7 Å². The normalized spacial score (nSPS) is 17.8. The van der Waals surface area contributed by atoms with E-state index in [0.717, 1.165) is 48.4 Å². The van der Waals surface area contributed by atoms with Gasteiger partial charge in [-0.15, -0.1) is 0 Å². The van der Waals surface area contributed by atoms with Crippen LogP contribution in [0.1, 0.15) is 12.5 Å². The van der Waals surface area contributed by atoms with Gasteiger partial charge in [0.2, 0.25) is 0 Å². The van der Waals surface area contributed by atoms with Gasteiger partial charge in [-0.1, -0.05) is 18.1 Å². The molecule has 0 radical (unpaired) electrons. The van der Waals surface area contributed by atoms with Crippen molar-refractivity contribution in [2.45, 2.75) is 6.92 Å². The summed E-state index contributed by atoms with van der Waals surface area (Å²) in [5, 5.41) is 12.1. The third kappa shape index (κ3) is 3.01. The van der Waals surface area contributed by atoms with Crippen molar-refractivity contribution in [3.63, 3.8) is 0 Å². The van der Waals surface area contributed by atoms with E-state index in [1.54, 1.807) is 0 Å². The predicted octanol–water partition coefficient (Wildman–Crippen LogP) is 1.69. The number of rotatable bonds is 3. The lowest BCUT2D eigenvalue weighted by atomic mass is 10.1. The lowest BCUT2D eigenvalue weighted by Crippen LogP contribution is -2.46. The molecule has 0 aliphatic carbocycles. The third-order valence-corrected chi connectivity index (χ3v) is 4.18. The predicted molar refractivity (Wildman–Crippen MR) is 81.0 cm³/mol. The monoisotopic (exact) mass is 326 g/mol. The minimum Gasteiger partial charge on any atom is -0.409 e. The molecule has 1 aromatic carbocycles. The van der Waals surface area contributed by atoms with Crippen molar-refractivity contribution in [2.75, 3.05) is 37.6 Å². The molecule has 0 bridgehead atoms. The fourth-order valence-electron chi connectivity index (χ4n) is 2.38. The van der Waals surface area contributed by atoms with Crippen LogP contribution in [0, 0.1) is 0 Å². The lowest BCUT2D eigenvalue weighted by molar-refractivity contribution is 0.271. The van der Waals surface area contributed by atoms with Crippen molar-refractivity contribution in [1.29, 1.82) is 0 Å². The fourth-order valence-corrected chi connectivity index (χ4v) is 2.94. The van der Waals surface area contributed by atoms with Crippen LogP contribution in [0.25, 0.3) is 0 Å². The van der Waals surface area contributed by atoms with Gasteiger partial charge in [-0.3, -0.25) is 0 Å². The van der Waals surface area contributed by atoms with Gasteiger partial charge in [0.15, 0.2) is 5.84 Å². The molecule has 1 saturated heterocycles. The number of likely N-dealkylation sites (N-methyl/N-ethyl adjacent to an activating group) is 1. The van der Waals surface area contributed by atoms with Crippen molar-refractivity contribution < 1.29 is 5.21 Å². The first-order valence-electron chi connectivity index (χ1n) is 6.41. The van der Waals surface area contributed by atoms with E-state index < -0.39 is 0 Å². The Bertz CT molecular complexity index is 470. The zero-order chi connectivity index (χ0) is 13.8. The van der Waals surface area contributed by atoms with Crippen molar-refractivity contribution in [1.82, 2.24) is 4.90 Å². The highest BCUT2D eigenvalue weighted by atomic mass is 79.9. The molecule has 19 heavy (non-hydrogen) atoms. The number of piperazine rings is 1. The molecule has 0 amide bonds. The van der Waals surface area contributed by atoms with Crippen LogP contribution in [0.15, 0.2) is 27.8 Å². The highest BCUT2D eigenvalue weighted by molar-refractivity contribution is 9.10. The molecule has 1 heterocycles. The molecular formula is C13H19BrN4O. The standard InChI is InChI=1S/C13H19BrN4O/c1-2-17-6-8-18(9-7-17)11-5-3-4-10(14)12(11)13(15)16-19/h3-5,19H,2,6-9H2,1H3,(H2,15,16). The Morgan fingerprint density at radius 3 is 2.63 bits per heavy atom. The first kappa shape index (κ1) is 14.1. The molecule has 0 spiro atoms. The number of oxime groups is 1. The average molecular weight is 327 g/mol. The summed E-state index contributed by atoms with van der Waals surface area (Å²) in [5.74, 6) is 0.139. The van der Waals surface area contributed by atoms with E-state index in [1.165, 1.54) is 0 Å². The van der Waals surface area contributed by atoms with E-state index in [9.17, 15) is 0 Å². The number of hydrogen-bond donors (Lipinski definition) is 2. The molecule has 6 heteroatoms. The Morgan fingerprint density at radius 2 is 2.05 bits per heavy atom. The molecule has 104 valence electrons. The van der Waals surface area contributed by atoms with Gasteiger partial charge in [0.05, 0.1) is 5.56 Å². The largest absolute Gasteiger partial charge is 0.409 e. The van der Waals surface area contributed by atoms with Crippen molar-refractivity contribution in [3.8, 4) is 0 Å². The summed E-state index contributed by atoms with van der Waals surface area (Å²) in [6.45, 7) is 7.25. The third-order valence-electron chi connectivity index (χ3n) is 3.52. The number of nitrogens with two attached hydrogens (primary N) is 1. The summed E-state index contributed by atoms with van der Waals surface area (Å²) in [4.78, 5) is 4.70. The average Bonchev–Trinajstić information content (AvgIpc) is 2.46. The van der Waals surface area contributed by atoms with Gasteiger partial charge in [0, 0.05) is 36.3 Å². The van der Waals surface area contributed by atoms with Crippen molar-refractivity contribution in [2.24, 2.45) is 10.9 Å². The van der Waals surface area contributed by atoms with Gasteiger partial charge in [-0.2, -0.15) is 0 Å². The molecule has 1 aliphatic rings. The van der Waals surface area contributed by atoms with Crippen LogP contribution in [-0.2, 0) is 0 Å². The highest BCUT2D eigenvalue weighted by Crippen LogP contribution is 2.28. The van der Waals surface area contributed by atoms with Crippen LogP contribution < -0.4 is 10.6 Å². The summed E-state index contributed by atoms with van der Waals surface area (Å²) in [7, 11) is 0. The summed E-state index contributed by atoms with van der Waals surface area (Å²) in [6, 6.07) is 5.89. The number of anilines is 1. The number of amidine groups is 1. The Balaban J connectivity index is 2.28. The van der Waals surface area contributed by atoms with Gasteiger partial charge in [0.25, 0.3) is 0 Å². The number of nitrogens with zero attached hydrogens (tertiary/aromatic N) is 3. The zero-order valence-electron chi connectivity index (χ0n) is 11.0. The topological polar surface area (TPSA) is 65.1 Å². The van der Waals surface area contributed by atoms with E-state index in [2.05, 4.69) is 37.8 Å². The van der Waals surface area contributed by atoms with Crippen molar-refractivity contribution in [3.05, 3.63) is 28.2 Å². The van der Waals surface area contributed by atoms with Crippen molar-refractivity contribution >= 4 is 27.5 Å². The van der Waals surface area contributed by atoms with Gasteiger partial charge in [0.1, 0.15) is 0 Å². The van der Waals surface area contributed by atoms with E-state index in [0.29, 0.717) is 0 Å². The molecule has 0 saturated carbocycles. The Labute approximate surface area is 121 Å². The van der Waals surface area contributed by atoms with Crippen LogP contribution in [-0.4, -0.2) is 48.7 Å². The summed E-state index contributed by atoms with van der Waals surface area (Å²) < 4.78 is 0.846. The first-order chi connectivity index (χ1) is 9.17. The van der Waals surface area contributed by atoms with Crippen LogP contribution in [0.2, 0.25) is 0 Å². The molecule has 2 rings (SSSR count). The minimum atomic E-state index is 0.139. The van der Waals surface area contributed by atoms with E-state index in [1.807, 2.05) is 18.2 Å². The summed E-state index contributed by atoms with van der Waals surface area (Å²) in [6.07, 6.45) is 0. The molecular weight excluding hydrogens is 308 g/mol. The zero-order valence-corrected chi connectivity index (χ0v) is 12.6. The minimum absolute atomic E-state index is 0.139. The van der Waals surface area contributed by atoms with Crippen LogP contribution >= 0.6 is 15.9 Å². The molecule has 1 aliphatic heterocycles. The SMILES string of the molecule is CCN1CCN(c2cccc(Br)c2/C(N)=N/O)CC1. The second-order valence-electron chi connectivity index (χ2n) is 4.54. The molecule has 1 aromatic rings. The number of halogens is 1. The summed E-state index contributed by atoms with van der Waals surface area (Å²) in [5.41, 5.74) is 7.56. The second-order valence-corrected chi connectivity index (χ2v) is 5.39. The molecule has 0 atom stereocenters. The van der Waals surface area contributed by atoms with E-state index in [4.69, 9.17) is 10.9 Å². The number of hydrogen-bond acceptors (Lipinski definition) is 4. The van der Waals surface area contributed by atoms with Gasteiger partial charge in [-0.05, 0) is 34.6 Å². The quantitative estimate of drug-likeness (QED) is 0.384. The Morgan fingerprint density at radius 1 is 1.37 bits per heavy atom. The molecule has 5 nitrogen and oxygen atoms in total. The maximum absolute atomic E-state index is 8.93. The Hall–Kier alpha value is -1.27. The maximum atomic E-state index is 8.93. The van der Waals surface area contributed by atoms with Gasteiger partial charge >= 0.3 is 0 Å². The lowest BCUT2D eigenvalue weighted by Gasteiger charge is -2.36. The van der Waals surface area contributed by atoms with Crippen LogP contribution in [0.3, 0.4) is 0 Å². The maximum Gasteiger partial charge on any atom is 0.173 e. The Kier molecular flexibility index (Phi) is 4.66. The molecule has 0 unspecified atom stereocenters.